The maximum absolute atomic E-state index is 12.2. The third kappa shape index (κ3) is 4.20. The van der Waals surface area contributed by atoms with E-state index >= 15 is 0 Å². The summed E-state index contributed by atoms with van der Waals surface area (Å²) in [4.78, 5) is 0.785. The number of aliphatic hydroxyl groups is 1. The molecule has 2 unspecified atom stereocenters. The molecule has 0 saturated carbocycles. The maximum Gasteiger partial charge on any atom is 0.163 e. The third-order valence-corrected chi connectivity index (χ3v) is 4.72. The highest BCUT2D eigenvalue weighted by molar-refractivity contribution is 7.91. The smallest absolute Gasteiger partial charge is 0.163 e. The van der Waals surface area contributed by atoms with Gasteiger partial charge in [-0.25, -0.2) is 0 Å². The zero-order chi connectivity index (χ0) is 14.8. The Kier molecular flexibility index (Phi) is 5.09. The Morgan fingerprint density at radius 3 is 2.55 bits per heavy atom. The number of aliphatic hydroxyl groups excluding tert-OH is 1. The van der Waals surface area contributed by atoms with Crippen molar-refractivity contribution in [3.63, 3.8) is 0 Å². The monoisotopic (exact) mass is 298 g/mol. The van der Waals surface area contributed by atoms with Crippen LogP contribution in [0.25, 0.3) is 0 Å². The summed E-state index contributed by atoms with van der Waals surface area (Å²) in [5.74, 6) is 0.0310. The average Bonchev–Trinajstić information content (AvgIpc) is 2.75. The Morgan fingerprint density at radius 1 is 1.40 bits per heavy atom. The van der Waals surface area contributed by atoms with E-state index in [-0.39, 0.29) is 6.10 Å². The van der Waals surface area contributed by atoms with E-state index in [1.165, 1.54) is 0 Å². The van der Waals surface area contributed by atoms with Crippen molar-refractivity contribution in [1.82, 2.24) is 0 Å². The van der Waals surface area contributed by atoms with E-state index < -0.39 is 23.1 Å². The van der Waals surface area contributed by atoms with Crippen LogP contribution in [-0.4, -0.2) is 33.9 Å². The van der Waals surface area contributed by atoms with Crippen molar-refractivity contribution in [3.8, 4) is 0 Å². The minimum Gasteiger partial charge on any atom is -0.611 e. The van der Waals surface area contributed by atoms with Gasteiger partial charge in [0.1, 0.15) is 5.75 Å². The van der Waals surface area contributed by atoms with Gasteiger partial charge in [0.2, 0.25) is 0 Å². The molecule has 0 spiro atoms. The fourth-order valence-corrected chi connectivity index (χ4v) is 3.31. The quantitative estimate of drug-likeness (QED) is 0.848. The normalized spacial score (nSPS) is 24.6. The predicted molar refractivity (Wildman–Crippen MR) is 77.9 cm³/mol. The van der Waals surface area contributed by atoms with Crippen LogP contribution in [0.1, 0.15) is 38.9 Å². The highest BCUT2D eigenvalue weighted by Gasteiger charge is 2.33. The first kappa shape index (κ1) is 15.8. The summed E-state index contributed by atoms with van der Waals surface area (Å²) >= 11 is -1.04. The summed E-state index contributed by atoms with van der Waals surface area (Å²) < 4.78 is 23.4. The van der Waals surface area contributed by atoms with Crippen molar-refractivity contribution < 1.29 is 19.1 Å². The summed E-state index contributed by atoms with van der Waals surface area (Å²) in [5, 5.41) is 9.44. The summed E-state index contributed by atoms with van der Waals surface area (Å²) in [6, 6.07) is 7.26. The van der Waals surface area contributed by atoms with Crippen molar-refractivity contribution in [2.45, 2.75) is 50.1 Å². The highest BCUT2D eigenvalue weighted by atomic mass is 32.2. The Hall–Kier alpha value is -0.590. The molecule has 0 aromatic heterocycles. The van der Waals surface area contributed by atoms with Gasteiger partial charge in [0.05, 0.1) is 18.8 Å². The molecule has 1 saturated heterocycles. The van der Waals surface area contributed by atoms with E-state index in [2.05, 4.69) is 0 Å². The minimum atomic E-state index is -1.04. The van der Waals surface area contributed by atoms with Crippen LogP contribution in [0.2, 0.25) is 0 Å². The summed E-state index contributed by atoms with van der Waals surface area (Å²) in [6.07, 6.45) is 0.239. The third-order valence-electron chi connectivity index (χ3n) is 3.32. The van der Waals surface area contributed by atoms with Gasteiger partial charge in [-0.15, -0.1) is 0 Å². The van der Waals surface area contributed by atoms with Crippen molar-refractivity contribution in [1.29, 1.82) is 0 Å². The van der Waals surface area contributed by atoms with Crippen molar-refractivity contribution in [3.05, 3.63) is 29.8 Å². The number of benzene rings is 1. The molecule has 1 aliphatic heterocycles. The van der Waals surface area contributed by atoms with Crippen molar-refractivity contribution in [2.75, 3.05) is 12.4 Å². The van der Waals surface area contributed by atoms with Crippen LogP contribution >= 0.6 is 0 Å². The molecule has 2 rings (SSSR count). The van der Waals surface area contributed by atoms with Crippen LogP contribution in [0.3, 0.4) is 0 Å². The molecule has 1 aromatic carbocycles. The van der Waals surface area contributed by atoms with Gasteiger partial charge in [-0.05, 0) is 49.6 Å². The van der Waals surface area contributed by atoms with Crippen LogP contribution in [0.4, 0.5) is 0 Å². The molecule has 1 aliphatic rings. The molecule has 1 N–H and O–H groups in total. The molecular formula is C15H22O4S. The van der Waals surface area contributed by atoms with Gasteiger partial charge in [0.15, 0.2) is 10.7 Å². The van der Waals surface area contributed by atoms with Crippen LogP contribution in [0.15, 0.2) is 29.2 Å². The SMILES string of the molecule is C[C@H](O)c1ccc([S+]([O-])CCC2COC(C)(C)O2)cc1. The van der Waals surface area contributed by atoms with E-state index in [9.17, 15) is 9.66 Å². The second-order valence-electron chi connectivity index (χ2n) is 5.53. The van der Waals surface area contributed by atoms with E-state index in [1.54, 1.807) is 6.92 Å². The largest absolute Gasteiger partial charge is 0.611 e. The van der Waals surface area contributed by atoms with Gasteiger partial charge in [0, 0.05) is 6.42 Å². The molecule has 112 valence electrons. The van der Waals surface area contributed by atoms with Gasteiger partial charge in [0.25, 0.3) is 0 Å². The lowest BCUT2D eigenvalue weighted by Crippen LogP contribution is -2.23. The zero-order valence-electron chi connectivity index (χ0n) is 12.2. The lowest BCUT2D eigenvalue weighted by atomic mass is 10.1. The number of rotatable bonds is 5. The number of ether oxygens (including phenoxy) is 2. The van der Waals surface area contributed by atoms with E-state index in [0.717, 1.165) is 10.5 Å². The lowest BCUT2D eigenvalue weighted by Gasteiger charge is -2.17. The van der Waals surface area contributed by atoms with Crippen LogP contribution in [-0.2, 0) is 20.6 Å². The summed E-state index contributed by atoms with van der Waals surface area (Å²) in [7, 11) is 0. The van der Waals surface area contributed by atoms with E-state index in [4.69, 9.17) is 9.47 Å². The second kappa shape index (κ2) is 6.45. The molecule has 1 aromatic rings. The molecule has 1 fully saturated rings. The predicted octanol–water partition coefficient (Wildman–Crippen LogP) is 2.39. The van der Waals surface area contributed by atoms with E-state index in [0.29, 0.717) is 18.8 Å². The molecule has 5 heteroatoms. The first-order valence-corrected chi connectivity index (χ1v) is 8.17. The molecule has 20 heavy (non-hydrogen) atoms. The van der Waals surface area contributed by atoms with Crippen molar-refractivity contribution in [2.24, 2.45) is 0 Å². The van der Waals surface area contributed by atoms with Crippen LogP contribution in [0.5, 0.6) is 0 Å². The zero-order valence-corrected chi connectivity index (χ0v) is 13.0. The standard InChI is InChI=1S/C15H22O4S/c1-11(16)12-4-6-14(7-5-12)20(17)9-8-13-10-18-15(2,3)19-13/h4-7,11,13,16H,8-10H2,1-3H3/t11-,13?,20?/m0/s1. The summed E-state index contributed by atoms with van der Waals surface area (Å²) in [6.45, 7) is 6.05. The van der Waals surface area contributed by atoms with Gasteiger partial charge in [-0.3, -0.25) is 0 Å². The molecule has 3 atom stereocenters. The Balaban J connectivity index is 1.84. The molecule has 1 heterocycles. The Morgan fingerprint density at radius 2 is 2.05 bits per heavy atom. The molecule has 4 nitrogen and oxygen atoms in total. The van der Waals surface area contributed by atoms with Gasteiger partial charge in [-0.1, -0.05) is 12.1 Å². The van der Waals surface area contributed by atoms with Crippen molar-refractivity contribution >= 4 is 11.2 Å². The van der Waals surface area contributed by atoms with Crippen LogP contribution in [0, 0.1) is 0 Å². The number of hydrogen-bond donors (Lipinski definition) is 1. The maximum atomic E-state index is 12.2. The highest BCUT2D eigenvalue weighted by Crippen LogP contribution is 2.25. The summed E-state index contributed by atoms with van der Waals surface area (Å²) in [5.41, 5.74) is 0.833. The lowest BCUT2D eigenvalue weighted by molar-refractivity contribution is -0.138. The first-order valence-electron chi connectivity index (χ1n) is 6.85. The van der Waals surface area contributed by atoms with Gasteiger partial charge in [-0.2, -0.15) is 0 Å². The topological polar surface area (TPSA) is 61.8 Å². The molecule has 0 amide bonds. The van der Waals surface area contributed by atoms with Gasteiger partial charge < -0.3 is 19.1 Å². The molecular weight excluding hydrogens is 276 g/mol. The Bertz CT molecular complexity index is 430. The number of hydrogen-bond acceptors (Lipinski definition) is 4. The molecule has 0 aliphatic carbocycles. The van der Waals surface area contributed by atoms with E-state index in [1.807, 2.05) is 38.1 Å². The second-order valence-corrected chi connectivity index (χ2v) is 7.10. The molecule has 0 radical (unpaired) electrons. The minimum absolute atomic E-state index is 0.0192. The fraction of sp³-hybridized carbons (Fsp3) is 0.600. The van der Waals surface area contributed by atoms with Gasteiger partial charge >= 0.3 is 0 Å². The Labute approximate surface area is 123 Å². The molecule has 0 bridgehead atoms. The average molecular weight is 298 g/mol. The first-order chi connectivity index (χ1) is 9.37. The fourth-order valence-electron chi connectivity index (χ4n) is 2.16. The van der Waals surface area contributed by atoms with Crippen LogP contribution < -0.4 is 0 Å².